The first-order chi connectivity index (χ1) is 4.34. The van der Waals surface area contributed by atoms with Crippen molar-refractivity contribution in [3.8, 4) is 0 Å². The van der Waals surface area contributed by atoms with Crippen molar-refractivity contribution in [2.45, 2.75) is 5.03 Å². The minimum Gasteiger partial charge on any atom is -0.244 e. The third-order valence-corrected chi connectivity index (χ3v) is 2.38. The molecule has 0 unspecified atom stereocenters. The zero-order valence-electron chi connectivity index (χ0n) is 4.84. The summed E-state index contributed by atoms with van der Waals surface area (Å²) in [5.74, 6) is 0. The van der Waals surface area contributed by atoms with Gasteiger partial charge in [-0.3, -0.25) is 0 Å². The lowest BCUT2D eigenvalue weighted by molar-refractivity contribution is 1.03. The summed E-state index contributed by atoms with van der Waals surface area (Å²) in [5, 5.41) is 0.977. The van der Waals surface area contributed by atoms with Gasteiger partial charge in [0.05, 0.1) is 4.47 Å². The molecule has 1 rings (SSSR count). The smallest absolute Gasteiger partial charge is 0.116 e. The average Bonchev–Trinajstić information content (AvgIpc) is 1.89. The number of aromatic nitrogens is 2. The van der Waals surface area contributed by atoms with Crippen LogP contribution in [0.25, 0.3) is 0 Å². The Hall–Kier alpha value is -0.0900. The molecular formula is C5H5BrN2S. The van der Waals surface area contributed by atoms with Gasteiger partial charge in [0.25, 0.3) is 0 Å². The van der Waals surface area contributed by atoms with Crippen LogP contribution in [-0.2, 0) is 0 Å². The molecule has 0 saturated carbocycles. The molecule has 0 bridgehead atoms. The summed E-state index contributed by atoms with van der Waals surface area (Å²) in [4.78, 5) is 7.82. The van der Waals surface area contributed by atoms with Crippen LogP contribution >= 0.6 is 27.7 Å². The molecule has 0 saturated heterocycles. The quantitative estimate of drug-likeness (QED) is 0.517. The highest BCUT2D eigenvalue weighted by molar-refractivity contribution is 9.10. The van der Waals surface area contributed by atoms with Gasteiger partial charge >= 0.3 is 0 Å². The second-order valence-electron chi connectivity index (χ2n) is 1.38. The lowest BCUT2D eigenvalue weighted by Gasteiger charge is -1.94. The van der Waals surface area contributed by atoms with Crippen molar-refractivity contribution >= 4 is 27.7 Å². The van der Waals surface area contributed by atoms with Crippen molar-refractivity contribution in [2.75, 3.05) is 6.26 Å². The number of thioether (sulfide) groups is 1. The van der Waals surface area contributed by atoms with Crippen LogP contribution in [0.15, 0.2) is 22.0 Å². The molecular weight excluding hydrogens is 200 g/mol. The molecule has 0 atom stereocenters. The van der Waals surface area contributed by atoms with E-state index >= 15 is 0 Å². The second kappa shape index (κ2) is 3.17. The van der Waals surface area contributed by atoms with Crippen LogP contribution in [0, 0.1) is 0 Å². The van der Waals surface area contributed by atoms with Crippen molar-refractivity contribution in [3.63, 3.8) is 0 Å². The first kappa shape index (κ1) is 7.02. The highest BCUT2D eigenvalue weighted by atomic mass is 79.9. The van der Waals surface area contributed by atoms with E-state index in [1.54, 1.807) is 18.0 Å². The minimum atomic E-state index is 0.956. The summed E-state index contributed by atoms with van der Waals surface area (Å²) in [6, 6.07) is 0. The molecule has 2 nitrogen and oxygen atoms in total. The number of rotatable bonds is 1. The fraction of sp³-hybridized carbons (Fsp3) is 0.200. The fourth-order valence-corrected chi connectivity index (χ4v) is 1.56. The highest BCUT2D eigenvalue weighted by Crippen LogP contribution is 2.20. The maximum absolute atomic E-state index is 4.00. The Morgan fingerprint density at radius 2 is 2.44 bits per heavy atom. The maximum Gasteiger partial charge on any atom is 0.116 e. The molecule has 1 aromatic rings. The van der Waals surface area contributed by atoms with Crippen LogP contribution in [0.3, 0.4) is 0 Å². The lowest BCUT2D eigenvalue weighted by atomic mass is 10.7. The Bertz CT molecular complexity index is 204. The van der Waals surface area contributed by atoms with Gasteiger partial charge in [-0.2, -0.15) is 0 Å². The molecule has 9 heavy (non-hydrogen) atoms. The Morgan fingerprint density at radius 1 is 1.67 bits per heavy atom. The van der Waals surface area contributed by atoms with E-state index in [-0.39, 0.29) is 0 Å². The Morgan fingerprint density at radius 3 is 2.89 bits per heavy atom. The molecule has 0 aliphatic carbocycles. The van der Waals surface area contributed by atoms with E-state index in [1.165, 1.54) is 6.33 Å². The summed E-state index contributed by atoms with van der Waals surface area (Å²) >= 11 is 4.91. The number of hydrogen-bond acceptors (Lipinski definition) is 3. The summed E-state index contributed by atoms with van der Waals surface area (Å²) in [6.07, 6.45) is 5.25. The van der Waals surface area contributed by atoms with Crippen molar-refractivity contribution in [2.24, 2.45) is 0 Å². The Balaban J connectivity index is 3.01. The van der Waals surface area contributed by atoms with Gasteiger partial charge in [0.2, 0.25) is 0 Å². The van der Waals surface area contributed by atoms with E-state index in [9.17, 15) is 0 Å². The molecule has 0 amide bonds. The predicted octanol–water partition coefficient (Wildman–Crippen LogP) is 1.96. The van der Waals surface area contributed by atoms with Crippen molar-refractivity contribution in [1.82, 2.24) is 9.97 Å². The normalized spacial score (nSPS) is 9.56. The third kappa shape index (κ3) is 1.66. The third-order valence-electron chi connectivity index (χ3n) is 0.827. The number of nitrogens with zero attached hydrogens (tertiary/aromatic N) is 2. The molecule has 1 aromatic heterocycles. The molecule has 0 fully saturated rings. The van der Waals surface area contributed by atoms with Crippen LogP contribution < -0.4 is 0 Å². The van der Waals surface area contributed by atoms with Crippen molar-refractivity contribution in [1.29, 1.82) is 0 Å². The molecule has 0 aliphatic heterocycles. The summed E-state index contributed by atoms with van der Waals surface area (Å²) in [6.45, 7) is 0. The first-order valence-electron chi connectivity index (χ1n) is 2.34. The number of halogens is 1. The van der Waals surface area contributed by atoms with Gasteiger partial charge in [-0.05, 0) is 22.2 Å². The van der Waals surface area contributed by atoms with Gasteiger partial charge in [0, 0.05) is 6.20 Å². The Labute approximate surface area is 66.2 Å². The first-order valence-corrected chi connectivity index (χ1v) is 4.36. The summed E-state index contributed by atoms with van der Waals surface area (Å²) in [5.41, 5.74) is 0. The number of hydrogen-bond donors (Lipinski definition) is 0. The molecule has 0 N–H and O–H groups in total. The van der Waals surface area contributed by atoms with E-state index in [0.717, 1.165) is 9.50 Å². The van der Waals surface area contributed by atoms with E-state index in [1.807, 2.05) is 6.26 Å². The average molecular weight is 205 g/mol. The molecule has 0 aliphatic rings. The van der Waals surface area contributed by atoms with Crippen molar-refractivity contribution in [3.05, 3.63) is 17.0 Å². The van der Waals surface area contributed by atoms with E-state index in [0.29, 0.717) is 0 Å². The highest BCUT2D eigenvalue weighted by Gasteiger charge is 1.95. The SMILES string of the molecule is CSc1ncncc1Br. The van der Waals surface area contributed by atoms with Crippen LogP contribution in [0.5, 0.6) is 0 Å². The standard InChI is InChI=1S/C5H5BrN2S/c1-9-5-4(6)2-7-3-8-5/h2-3H,1H3. The largest absolute Gasteiger partial charge is 0.244 e. The van der Waals surface area contributed by atoms with Gasteiger partial charge < -0.3 is 0 Å². The molecule has 48 valence electrons. The van der Waals surface area contributed by atoms with Crippen LogP contribution in [0.1, 0.15) is 0 Å². The lowest BCUT2D eigenvalue weighted by Crippen LogP contribution is -1.80. The van der Waals surface area contributed by atoms with Crippen LogP contribution in [-0.4, -0.2) is 16.2 Å². The zero-order valence-corrected chi connectivity index (χ0v) is 7.24. The molecule has 1 heterocycles. The topological polar surface area (TPSA) is 25.8 Å². The monoisotopic (exact) mass is 204 g/mol. The predicted molar refractivity (Wildman–Crippen MR) is 41.5 cm³/mol. The molecule has 4 heteroatoms. The van der Waals surface area contributed by atoms with E-state index in [4.69, 9.17) is 0 Å². The molecule has 0 spiro atoms. The van der Waals surface area contributed by atoms with Gasteiger partial charge in [-0.15, -0.1) is 11.8 Å². The van der Waals surface area contributed by atoms with E-state index in [2.05, 4.69) is 25.9 Å². The summed E-state index contributed by atoms with van der Waals surface area (Å²) in [7, 11) is 0. The second-order valence-corrected chi connectivity index (χ2v) is 3.03. The van der Waals surface area contributed by atoms with Gasteiger partial charge in [0.1, 0.15) is 11.4 Å². The van der Waals surface area contributed by atoms with E-state index < -0.39 is 0 Å². The molecule has 0 radical (unpaired) electrons. The summed E-state index contributed by atoms with van der Waals surface area (Å²) < 4.78 is 0.956. The Kier molecular flexibility index (Phi) is 2.48. The van der Waals surface area contributed by atoms with Crippen LogP contribution in [0.4, 0.5) is 0 Å². The minimum absolute atomic E-state index is 0.956. The van der Waals surface area contributed by atoms with Gasteiger partial charge in [0.15, 0.2) is 0 Å². The van der Waals surface area contributed by atoms with Crippen LogP contribution in [0.2, 0.25) is 0 Å². The van der Waals surface area contributed by atoms with Crippen molar-refractivity contribution < 1.29 is 0 Å². The zero-order chi connectivity index (χ0) is 6.69. The van der Waals surface area contributed by atoms with Gasteiger partial charge in [-0.1, -0.05) is 0 Å². The fourth-order valence-electron chi connectivity index (χ4n) is 0.452. The maximum atomic E-state index is 4.00. The molecule has 0 aromatic carbocycles. The van der Waals surface area contributed by atoms with Gasteiger partial charge in [-0.25, -0.2) is 9.97 Å².